The molecule has 0 spiro atoms. The molecule has 1 atom stereocenters. The smallest absolute Gasteiger partial charge is 0.240 e. The first-order chi connectivity index (χ1) is 8.78. The van der Waals surface area contributed by atoms with Crippen LogP contribution in [0.4, 0.5) is 0 Å². The Balaban J connectivity index is 6.30. The van der Waals surface area contributed by atoms with Crippen molar-refractivity contribution in [2.45, 2.75) is 98.6 Å². The first kappa shape index (κ1) is 21.7. The van der Waals surface area contributed by atoms with Crippen LogP contribution in [0.1, 0.15) is 62.3 Å². The van der Waals surface area contributed by atoms with Gasteiger partial charge < -0.3 is 4.52 Å². The minimum Gasteiger partial charge on any atom is -0.316 e. The van der Waals surface area contributed by atoms with Crippen LogP contribution in [0.3, 0.4) is 0 Å². The Morgan fingerprint density at radius 3 is 1.48 bits per heavy atom. The molecule has 0 aliphatic carbocycles. The summed E-state index contributed by atoms with van der Waals surface area (Å²) in [6.45, 7) is 23.3. The molecule has 1 unspecified atom stereocenters. The van der Waals surface area contributed by atoms with Crippen LogP contribution in [-0.4, -0.2) is 29.3 Å². The van der Waals surface area contributed by atoms with E-state index in [1.165, 1.54) is 0 Å². The van der Waals surface area contributed by atoms with Crippen LogP contribution in [-0.2, 0) is 4.52 Å². The predicted molar refractivity (Wildman–Crippen MR) is 101 cm³/mol. The minimum atomic E-state index is -2.57. The fraction of sp³-hybridized carbons (Fsp3) is 1.00. The molecule has 0 fully saturated rings. The van der Waals surface area contributed by atoms with Gasteiger partial charge in [-0.2, -0.15) is 0 Å². The molecule has 0 N–H and O–H groups in total. The van der Waals surface area contributed by atoms with Crippen LogP contribution in [0.5, 0.6) is 0 Å². The molecule has 0 aromatic heterocycles. The molecule has 128 valence electrons. The van der Waals surface area contributed by atoms with Gasteiger partial charge in [0.25, 0.3) is 0 Å². The lowest BCUT2D eigenvalue weighted by Gasteiger charge is -2.50. The van der Waals surface area contributed by atoms with E-state index in [-0.39, 0.29) is 16.7 Å². The zero-order valence-corrected chi connectivity index (χ0v) is 18.8. The van der Waals surface area contributed by atoms with E-state index in [2.05, 4.69) is 65.5 Å². The molecule has 0 aliphatic rings. The molecule has 0 saturated heterocycles. The second-order valence-electron chi connectivity index (χ2n) is 9.60. The standard InChI is InChI=1S/C15H36ClN2OPSi/c1-13(2,3)17-20(16,19-15(7,8)9)18(14(4,5)6)21(10,11)12/h1-12H3. The molecule has 0 aromatic rings. The number of halogens is 1. The number of hydrogen-bond acceptors (Lipinski definition) is 2. The van der Waals surface area contributed by atoms with Crippen LogP contribution in [0.15, 0.2) is 4.74 Å². The Morgan fingerprint density at radius 1 is 0.905 bits per heavy atom. The van der Waals surface area contributed by atoms with E-state index in [0.717, 1.165) is 0 Å². The van der Waals surface area contributed by atoms with Gasteiger partial charge in [0, 0.05) is 5.54 Å². The van der Waals surface area contributed by atoms with Gasteiger partial charge in [-0.3, -0.25) is 4.34 Å². The summed E-state index contributed by atoms with van der Waals surface area (Å²) in [5.74, 6) is 0. The average molecular weight is 355 g/mol. The SMILES string of the molecule is CC(C)(C)N=P(Cl)(OC(C)(C)C)N(C(C)(C)C)[Si](C)(C)C. The summed E-state index contributed by atoms with van der Waals surface area (Å²) in [5.41, 5.74) is -0.642. The van der Waals surface area contributed by atoms with Gasteiger partial charge >= 0.3 is 0 Å². The van der Waals surface area contributed by atoms with Crippen molar-refractivity contribution in [2.75, 3.05) is 0 Å². The maximum Gasteiger partial charge on any atom is 0.240 e. The topological polar surface area (TPSA) is 24.8 Å². The Labute approximate surface area is 138 Å². The van der Waals surface area contributed by atoms with Gasteiger partial charge in [-0.25, -0.2) is 4.74 Å². The first-order valence-corrected chi connectivity index (χ1v) is 13.6. The Kier molecular flexibility index (Phi) is 6.47. The molecule has 0 bridgehead atoms. The number of rotatable bonds is 3. The van der Waals surface area contributed by atoms with Crippen LogP contribution in [0, 0.1) is 0 Å². The largest absolute Gasteiger partial charge is 0.316 e. The summed E-state index contributed by atoms with van der Waals surface area (Å²) in [4.78, 5) is 0. The van der Waals surface area contributed by atoms with E-state index >= 15 is 0 Å². The van der Waals surface area contributed by atoms with Gasteiger partial charge in [0.05, 0.1) is 11.1 Å². The highest BCUT2D eigenvalue weighted by Gasteiger charge is 2.46. The maximum atomic E-state index is 7.13. The van der Waals surface area contributed by atoms with Gasteiger partial charge in [0.1, 0.15) is 8.24 Å². The van der Waals surface area contributed by atoms with Crippen LogP contribution in [0.25, 0.3) is 0 Å². The van der Waals surface area contributed by atoms with Gasteiger partial charge in [-0.1, -0.05) is 19.6 Å². The maximum absolute atomic E-state index is 7.13. The second-order valence-corrected chi connectivity index (χ2v) is 17.8. The fourth-order valence-electron chi connectivity index (χ4n) is 2.57. The third-order valence-corrected chi connectivity index (χ3v) is 10.9. The van der Waals surface area contributed by atoms with Gasteiger partial charge in [0.2, 0.25) is 6.78 Å². The van der Waals surface area contributed by atoms with Crippen molar-refractivity contribution in [1.29, 1.82) is 0 Å². The van der Waals surface area contributed by atoms with Gasteiger partial charge in [-0.15, -0.1) is 0 Å². The summed E-state index contributed by atoms with van der Waals surface area (Å²) in [5, 5.41) is 0. The molecule has 0 rings (SSSR count). The highest BCUT2D eigenvalue weighted by Crippen LogP contribution is 2.67. The second kappa shape index (κ2) is 6.28. The molecule has 0 aliphatic heterocycles. The third kappa shape index (κ3) is 7.65. The fourth-order valence-corrected chi connectivity index (χ4v) is 14.2. The summed E-state index contributed by atoms with van der Waals surface area (Å²) in [6.07, 6.45) is 0. The van der Waals surface area contributed by atoms with Crippen molar-refractivity contribution in [2.24, 2.45) is 4.74 Å². The van der Waals surface area contributed by atoms with Crippen molar-refractivity contribution in [1.82, 2.24) is 4.34 Å². The molecular formula is C15H36ClN2OPSi. The molecular weight excluding hydrogens is 319 g/mol. The molecule has 0 amide bonds. The Bertz CT molecular complexity index is 397. The highest BCUT2D eigenvalue weighted by molar-refractivity contribution is 7.86. The minimum absolute atomic E-state index is 0.0833. The van der Waals surface area contributed by atoms with E-state index in [9.17, 15) is 0 Å². The molecule has 0 heterocycles. The van der Waals surface area contributed by atoms with Crippen molar-refractivity contribution in [3.05, 3.63) is 0 Å². The zero-order valence-electron chi connectivity index (χ0n) is 16.1. The van der Waals surface area contributed by atoms with E-state index in [1.54, 1.807) is 0 Å². The number of nitrogens with zero attached hydrogens (tertiary/aromatic N) is 2. The zero-order chi connectivity index (χ0) is 17.5. The molecule has 21 heavy (non-hydrogen) atoms. The lowest BCUT2D eigenvalue weighted by Crippen LogP contribution is -2.53. The summed E-state index contributed by atoms with van der Waals surface area (Å²) in [7, 11) is -1.73. The Hall–Kier alpha value is 0.657. The van der Waals surface area contributed by atoms with Crippen LogP contribution >= 0.6 is 18.0 Å². The Morgan fingerprint density at radius 2 is 1.29 bits per heavy atom. The van der Waals surface area contributed by atoms with Crippen LogP contribution < -0.4 is 0 Å². The van der Waals surface area contributed by atoms with E-state index in [4.69, 9.17) is 20.5 Å². The van der Waals surface area contributed by atoms with Crippen molar-refractivity contribution < 1.29 is 4.52 Å². The van der Waals surface area contributed by atoms with E-state index < -0.39 is 15.0 Å². The molecule has 0 aromatic carbocycles. The van der Waals surface area contributed by atoms with Crippen molar-refractivity contribution in [3.63, 3.8) is 0 Å². The number of hydrogen-bond donors (Lipinski definition) is 0. The summed E-state index contributed by atoms with van der Waals surface area (Å²) < 4.78 is 13.8. The molecule has 0 radical (unpaired) electrons. The van der Waals surface area contributed by atoms with Gasteiger partial charge in [0.15, 0.2) is 0 Å². The van der Waals surface area contributed by atoms with Crippen LogP contribution in [0.2, 0.25) is 19.6 Å². The third-order valence-electron chi connectivity index (χ3n) is 2.33. The summed E-state index contributed by atoms with van der Waals surface area (Å²) in [6, 6.07) is 0. The highest BCUT2D eigenvalue weighted by atomic mass is 35.7. The average Bonchev–Trinajstić information content (AvgIpc) is 1.83. The monoisotopic (exact) mass is 354 g/mol. The molecule has 6 heteroatoms. The predicted octanol–water partition coefficient (Wildman–Crippen LogP) is 6.72. The lowest BCUT2D eigenvalue weighted by atomic mass is 10.1. The van der Waals surface area contributed by atoms with E-state index in [0.29, 0.717) is 0 Å². The van der Waals surface area contributed by atoms with E-state index in [1.807, 2.05) is 20.8 Å². The first-order valence-electron chi connectivity index (χ1n) is 7.63. The van der Waals surface area contributed by atoms with Crippen molar-refractivity contribution in [3.8, 4) is 0 Å². The van der Waals surface area contributed by atoms with Gasteiger partial charge in [-0.05, 0) is 73.6 Å². The van der Waals surface area contributed by atoms with Crippen molar-refractivity contribution >= 4 is 26.3 Å². The quantitative estimate of drug-likeness (QED) is 0.415. The lowest BCUT2D eigenvalue weighted by molar-refractivity contribution is 0.134. The molecule has 0 saturated carbocycles. The normalized spacial score (nSPS) is 17.8. The molecule has 3 nitrogen and oxygen atoms in total. The summed E-state index contributed by atoms with van der Waals surface area (Å²) >= 11 is 7.13.